The zero-order valence-electron chi connectivity index (χ0n) is 7.28. The highest BCUT2D eigenvalue weighted by Gasteiger charge is 2.32. The number of hydrogen-bond acceptors (Lipinski definition) is 6. The molecule has 0 aromatic heterocycles. The summed E-state index contributed by atoms with van der Waals surface area (Å²) in [6.07, 6.45) is -7.70. The van der Waals surface area contributed by atoms with Gasteiger partial charge in [0.1, 0.15) is 24.4 Å². The molecule has 0 aromatic rings. The molecule has 0 unspecified atom stereocenters. The van der Waals surface area contributed by atoms with Crippen molar-refractivity contribution in [1.82, 2.24) is 0 Å². The second-order valence-corrected chi connectivity index (χ2v) is 2.96. The summed E-state index contributed by atoms with van der Waals surface area (Å²) in [4.78, 5) is 0. The zero-order valence-corrected chi connectivity index (χ0v) is 7.28. The Labute approximate surface area is 75.7 Å². The van der Waals surface area contributed by atoms with Gasteiger partial charge in [-0.15, -0.1) is 0 Å². The molecule has 5 atom stereocenters. The summed E-state index contributed by atoms with van der Waals surface area (Å²) >= 11 is 0. The van der Waals surface area contributed by atoms with Crippen molar-refractivity contribution in [2.75, 3.05) is 6.61 Å². The second kappa shape index (κ2) is 5.48. The van der Waals surface area contributed by atoms with E-state index in [4.69, 9.17) is 30.6 Å². The van der Waals surface area contributed by atoms with Gasteiger partial charge >= 0.3 is 0 Å². The van der Waals surface area contributed by atoms with Gasteiger partial charge in [0.05, 0.1) is 12.7 Å². The quantitative estimate of drug-likeness (QED) is 0.275. The minimum Gasteiger partial charge on any atom is -0.394 e. The molecule has 6 nitrogen and oxygen atoms in total. The summed E-state index contributed by atoms with van der Waals surface area (Å²) in [6, 6.07) is 0. The van der Waals surface area contributed by atoms with Crippen LogP contribution in [0, 0.1) is 0 Å². The molecule has 0 aliphatic heterocycles. The summed E-state index contributed by atoms with van der Waals surface area (Å²) in [7, 11) is 0. The van der Waals surface area contributed by atoms with Crippen molar-refractivity contribution in [3.05, 3.63) is 0 Å². The Morgan fingerprint density at radius 1 is 0.846 bits per heavy atom. The number of hydrogen-bond donors (Lipinski definition) is 6. The van der Waals surface area contributed by atoms with Crippen LogP contribution in [-0.2, 0) is 0 Å². The van der Waals surface area contributed by atoms with Crippen molar-refractivity contribution in [2.45, 2.75) is 37.4 Å². The SMILES string of the molecule is C[C@@H](O)[C@@H](O)[C@H](O)[C@@H](O)[C@@H](O)CO. The standard InChI is InChI=1S/C7H16O6/c1-3(9)5(11)7(13)6(12)4(10)2-8/h3-13H,2H2,1H3/t3-,4+,5-,6+,7+/m1/s1. The lowest BCUT2D eigenvalue weighted by molar-refractivity contribution is -0.137. The maximum Gasteiger partial charge on any atom is 0.111 e. The van der Waals surface area contributed by atoms with Gasteiger partial charge in [0.15, 0.2) is 0 Å². The topological polar surface area (TPSA) is 121 Å². The van der Waals surface area contributed by atoms with Gasteiger partial charge in [-0.05, 0) is 6.92 Å². The zero-order chi connectivity index (χ0) is 10.6. The highest BCUT2D eigenvalue weighted by atomic mass is 16.4. The molecule has 0 bridgehead atoms. The molecule has 6 heteroatoms. The van der Waals surface area contributed by atoms with E-state index < -0.39 is 37.1 Å². The van der Waals surface area contributed by atoms with Crippen LogP contribution >= 0.6 is 0 Å². The predicted octanol–water partition coefficient (Wildman–Crippen LogP) is -3.20. The first-order valence-corrected chi connectivity index (χ1v) is 3.93. The molecular formula is C7H16O6. The molecule has 13 heavy (non-hydrogen) atoms. The van der Waals surface area contributed by atoms with Crippen LogP contribution in [0.15, 0.2) is 0 Å². The van der Waals surface area contributed by atoms with Crippen LogP contribution < -0.4 is 0 Å². The van der Waals surface area contributed by atoms with E-state index in [1.807, 2.05) is 0 Å². The highest BCUT2D eigenvalue weighted by Crippen LogP contribution is 2.07. The van der Waals surface area contributed by atoms with Crippen molar-refractivity contribution in [3.8, 4) is 0 Å². The Morgan fingerprint density at radius 2 is 1.31 bits per heavy atom. The van der Waals surface area contributed by atoms with Gasteiger partial charge in [-0.2, -0.15) is 0 Å². The predicted molar refractivity (Wildman–Crippen MR) is 42.8 cm³/mol. The molecule has 0 amide bonds. The molecule has 0 saturated carbocycles. The van der Waals surface area contributed by atoms with Gasteiger partial charge in [0.2, 0.25) is 0 Å². The lowest BCUT2D eigenvalue weighted by Gasteiger charge is -2.26. The molecular weight excluding hydrogens is 180 g/mol. The van der Waals surface area contributed by atoms with Crippen molar-refractivity contribution in [3.63, 3.8) is 0 Å². The van der Waals surface area contributed by atoms with Crippen LogP contribution in [0.2, 0.25) is 0 Å². The Kier molecular flexibility index (Phi) is 5.38. The molecule has 0 heterocycles. The molecule has 0 spiro atoms. The van der Waals surface area contributed by atoms with E-state index in [9.17, 15) is 0 Å². The summed E-state index contributed by atoms with van der Waals surface area (Å²) in [5.41, 5.74) is 0. The van der Waals surface area contributed by atoms with Crippen LogP contribution in [-0.4, -0.2) is 67.8 Å². The maximum atomic E-state index is 9.13. The summed E-state index contributed by atoms with van der Waals surface area (Å²) in [5, 5.41) is 53.4. The van der Waals surface area contributed by atoms with Crippen molar-refractivity contribution in [2.24, 2.45) is 0 Å². The fraction of sp³-hybridized carbons (Fsp3) is 1.00. The molecule has 0 saturated heterocycles. The van der Waals surface area contributed by atoms with Crippen molar-refractivity contribution in [1.29, 1.82) is 0 Å². The highest BCUT2D eigenvalue weighted by molar-refractivity contribution is 4.82. The number of rotatable bonds is 5. The van der Waals surface area contributed by atoms with E-state index in [-0.39, 0.29) is 0 Å². The van der Waals surface area contributed by atoms with Crippen LogP contribution in [0.25, 0.3) is 0 Å². The van der Waals surface area contributed by atoms with Gasteiger partial charge < -0.3 is 30.6 Å². The Morgan fingerprint density at radius 3 is 1.62 bits per heavy atom. The molecule has 0 aliphatic rings. The van der Waals surface area contributed by atoms with E-state index in [0.29, 0.717) is 0 Å². The summed E-state index contributed by atoms with van der Waals surface area (Å²) in [6.45, 7) is 0.497. The molecule has 0 rings (SSSR count). The van der Waals surface area contributed by atoms with Crippen molar-refractivity contribution >= 4 is 0 Å². The van der Waals surface area contributed by atoms with E-state index in [1.165, 1.54) is 6.92 Å². The van der Waals surface area contributed by atoms with E-state index >= 15 is 0 Å². The number of aliphatic hydroxyl groups excluding tert-OH is 6. The summed E-state index contributed by atoms with van der Waals surface area (Å²) in [5.74, 6) is 0. The lowest BCUT2D eigenvalue weighted by Crippen LogP contribution is -2.49. The largest absolute Gasteiger partial charge is 0.394 e. The average Bonchev–Trinajstić information content (AvgIpc) is 2.12. The molecule has 0 radical (unpaired) electrons. The first-order valence-electron chi connectivity index (χ1n) is 3.93. The van der Waals surface area contributed by atoms with Crippen LogP contribution in [0.3, 0.4) is 0 Å². The van der Waals surface area contributed by atoms with E-state index in [1.54, 1.807) is 0 Å². The minimum absolute atomic E-state index is 0.731. The Hall–Kier alpha value is -0.240. The first-order chi connectivity index (χ1) is 5.91. The van der Waals surface area contributed by atoms with Gasteiger partial charge in [0.25, 0.3) is 0 Å². The van der Waals surface area contributed by atoms with E-state index in [2.05, 4.69) is 0 Å². The monoisotopic (exact) mass is 196 g/mol. The molecule has 0 fully saturated rings. The third kappa shape index (κ3) is 3.55. The lowest BCUT2D eigenvalue weighted by atomic mass is 10.0. The van der Waals surface area contributed by atoms with Gasteiger partial charge in [-0.1, -0.05) is 0 Å². The fourth-order valence-electron chi connectivity index (χ4n) is 0.823. The average molecular weight is 196 g/mol. The van der Waals surface area contributed by atoms with Crippen LogP contribution in [0.4, 0.5) is 0 Å². The van der Waals surface area contributed by atoms with Crippen LogP contribution in [0.1, 0.15) is 6.92 Å². The fourth-order valence-corrected chi connectivity index (χ4v) is 0.823. The molecule has 80 valence electrons. The van der Waals surface area contributed by atoms with Gasteiger partial charge in [-0.25, -0.2) is 0 Å². The second-order valence-electron chi connectivity index (χ2n) is 2.96. The summed E-state index contributed by atoms with van der Waals surface area (Å²) < 4.78 is 0. The maximum absolute atomic E-state index is 9.13. The van der Waals surface area contributed by atoms with Crippen molar-refractivity contribution < 1.29 is 30.6 Å². The normalized spacial score (nSPS) is 23.3. The Bertz CT molecular complexity index is 139. The molecule has 0 aromatic carbocycles. The molecule has 6 N–H and O–H groups in total. The van der Waals surface area contributed by atoms with Gasteiger partial charge in [0, 0.05) is 0 Å². The third-order valence-electron chi connectivity index (χ3n) is 1.78. The number of aliphatic hydroxyl groups is 6. The third-order valence-corrected chi connectivity index (χ3v) is 1.78. The smallest absolute Gasteiger partial charge is 0.111 e. The van der Waals surface area contributed by atoms with Gasteiger partial charge in [-0.3, -0.25) is 0 Å². The minimum atomic E-state index is -1.69. The van der Waals surface area contributed by atoms with Crippen LogP contribution in [0.5, 0.6) is 0 Å². The Balaban J connectivity index is 4.15. The van der Waals surface area contributed by atoms with E-state index in [0.717, 1.165) is 0 Å². The first kappa shape index (κ1) is 12.8. The molecule has 0 aliphatic carbocycles.